The van der Waals surface area contributed by atoms with Crippen LogP contribution in [0.25, 0.3) is 0 Å². The Morgan fingerprint density at radius 1 is 1.67 bits per heavy atom. The lowest BCUT2D eigenvalue weighted by atomic mass is 10.3. The van der Waals surface area contributed by atoms with Crippen molar-refractivity contribution in [2.24, 2.45) is 5.73 Å². The van der Waals surface area contributed by atoms with Crippen LogP contribution in [0, 0.1) is 0 Å². The molecule has 0 radical (unpaired) electrons. The first kappa shape index (κ1) is 12.8. The van der Waals surface area contributed by atoms with Crippen LogP contribution < -0.4 is 5.73 Å². The first-order valence-corrected chi connectivity index (χ1v) is 6.45. The van der Waals surface area contributed by atoms with Crippen molar-refractivity contribution in [1.82, 2.24) is 4.31 Å². The van der Waals surface area contributed by atoms with Gasteiger partial charge in [0.15, 0.2) is 0 Å². The summed E-state index contributed by atoms with van der Waals surface area (Å²) in [5, 5.41) is 9.01. The molecule has 0 aromatic carbocycles. The van der Waals surface area contributed by atoms with Crippen LogP contribution in [0.15, 0.2) is 0 Å². The summed E-state index contributed by atoms with van der Waals surface area (Å²) in [5.74, 6) is -0.362. The molecule has 0 amide bonds. The van der Waals surface area contributed by atoms with E-state index in [0.717, 1.165) is 0 Å². The molecule has 6 nitrogen and oxygen atoms in total. The third kappa shape index (κ3) is 3.35. The van der Waals surface area contributed by atoms with E-state index in [4.69, 9.17) is 15.6 Å². The zero-order valence-electron chi connectivity index (χ0n) is 8.13. The quantitative estimate of drug-likeness (QED) is 0.581. The van der Waals surface area contributed by atoms with Crippen LogP contribution in [-0.2, 0) is 14.8 Å². The van der Waals surface area contributed by atoms with Gasteiger partial charge in [0.1, 0.15) is 5.75 Å². The Labute approximate surface area is 94.1 Å². The SMILES string of the molecule is NC(=S)CS(=O)(=O)N1CCOCC1CO. The van der Waals surface area contributed by atoms with Crippen LogP contribution in [0.4, 0.5) is 0 Å². The Morgan fingerprint density at radius 3 is 2.87 bits per heavy atom. The normalized spacial score (nSPS) is 23.9. The van der Waals surface area contributed by atoms with Crippen LogP contribution >= 0.6 is 12.2 Å². The Morgan fingerprint density at radius 2 is 2.33 bits per heavy atom. The van der Waals surface area contributed by atoms with Crippen molar-refractivity contribution in [1.29, 1.82) is 0 Å². The third-order valence-electron chi connectivity index (χ3n) is 2.07. The molecule has 0 aromatic rings. The van der Waals surface area contributed by atoms with E-state index in [1.165, 1.54) is 4.31 Å². The number of sulfonamides is 1. The zero-order valence-corrected chi connectivity index (χ0v) is 9.76. The van der Waals surface area contributed by atoms with Gasteiger partial charge in [-0.05, 0) is 0 Å². The molecule has 8 heteroatoms. The van der Waals surface area contributed by atoms with Crippen molar-refractivity contribution < 1.29 is 18.3 Å². The van der Waals surface area contributed by atoms with Gasteiger partial charge in [-0.25, -0.2) is 8.42 Å². The van der Waals surface area contributed by atoms with Crippen LogP contribution in [0.3, 0.4) is 0 Å². The molecule has 88 valence electrons. The minimum absolute atomic E-state index is 0.0711. The maximum Gasteiger partial charge on any atom is 0.221 e. The fraction of sp³-hybridized carbons (Fsp3) is 0.857. The van der Waals surface area contributed by atoms with Gasteiger partial charge in [-0.3, -0.25) is 0 Å². The lowest BCUT2D eigenvalue weighted by Crippen LogP contribution is -2.52. The van der Waals surface area contributed by atoms with Gasteiger partial charge >= 0.3 is 0 Å². The van der Waals surface area contributed by atoms with Crippen LogP contribution in [0.2, 0.25) is 0 Å². The number of aliphatic hydroxyl groups excluding tert-OH is 1. The highest BCUT2D eigenvalue weighted by Crippen LogP contribution is 2.12. The summed E-state index contributed by atoms with van der Waals surface area (Å²) in [7, 11) is -3.52. The number of hydrogen-bond donors (Lipinski definition) is 2. The first-order valence-electron chi connectivity index (χ1n) is 4.44. The smallest absolute Gasteiger partial charge is 0.221 e. The monoisotopic (exact) mass is 254 g/mol. The van der Waals surface area contributed by atoms with E-state index in [9.17, 15) is 8.42 Å². The lowest BCUT2D eigenvalue weighted by Gasteiger charge is -2.33. The molecule has 0 aliphatic carbocycles. The van der Waals surface area contributed by atoms with E-state index in [0.29, 0.717) is 6.61 Å². The number of nitrogens with two attached hydrogens (primary N) is 1. The van der Waals surface area contributed by atoms with Crippen LogP contribution in [-0.4, -0.2) is 61.0 Å². The van der Waals surface area contributed by atoms with Crippen LogP contribution in [0.1, 0.15) is 0 Å². The predicted molar refractivity (Wildman–Crippen MR) is 59.0 cm³/mol. The van der Waals surface area contributed by atoms with Crippen molar-refractivity contribution in [3.8, 4) is 0 Å². The molecule has 1 aliphatic heterocycles. The van der Waals surface area contributed by atoms with E-state index < -0.39 is 16.1 Å². The molecule has 1 saturated heterocycles. The molecular weight excluding hydrogens is 240 g/mol. The molecular formula is C7H14N2O4S2. The summed E-state index contributed by atoms with van der Waals surface area (Å²) in [6, 6.07) is -0.530. The molecule has 1 aliphatic rings. The van der Waals surface area contributed by atoms with Gasteiger partial charge in [0.2, 0.25) is 10.0 Å². The van der Waals surface area contributed by atoms with Gasteiger partial charge in [-0.1, -0.05) is 12.2 Å². The van der Waals surface area contributed by atoms with E-state index in [1.54, 1.807) is 0 Å². The van der Waals surface area contributed by atoms with Gasteiger partial charge in [-0.2, -0.15) is 4.31 Å². The summed E-state index contributed by atoms with van der Waals surface area (Å²) in [6.45, 7) is 0.493. The molecule has 1 rings (SSSR count). The van der Waals surface area contributed by atoms with E-state index in [1.807, 2.05) is 0 Å². The summed E-state index contributed by atoms with van der Waals surface area (Å²) >= 11 is 4.57. The van der Waals surface area contributed by atoms with Crippen molar-refractivity contribution >= 4 is 27.2 Å². The predicted octanol–water partition coefficient (Wildman–Crippen LogP) is -1.70. The fourth-order valence-electron chi connectivity index (χ4n) is 1.41. The highest BCUT2D eigenvalue weighted by atomic mass is 32.2. The lowest BCUT2D eigenvalue weighted by molar-refractivity contribution is 0.0111. The van der Waals surface area contributed by atoms with E-state index in [-0.39, 0.29) is 30.5 Å². The van der Waals surface area contributed by atoms with E-state index in [2.05, 4.69) is 12.2 Å². The third-order valence-corrected chi connectivity index (χ3v) is 4.26. The van der Waals surface area contributed by atoms with Gasteiger partial charge in [0, 0.05) is 6.54 Å². The molecule has 15 heavy (non-hydrogen) atoms. The number of rotatable bonds is 4. The van der Waals surface area contributed by atoms with Crippen molar-refractivity contribution in [3.05, 3.63) is 0 Å². The van der Waals surface area contributed by atoms with Gasteiger partial charge < -0.3 is 15.6 Å². The topological polar surface area (TPSA) is 92.9 Å². The van der Waals surface area contributed by atoms with Crippen molar-refractivity contribution in [2.45, 2.75) is 6.04 Å². The standard InChI is InChI=1S/C7H14N2O4S2/c8-7(14)5-15(11,12)9-1-2-13-4-6(9)3-10/h6,10H,1-5H2,(H2,8,14). The summed E-state index contributed by atoms with van der Waals surface area (Å²) in [4.78, 5) is -0.0711. The summed E-state index contributed by atoms with van der Waals surface area (Å²) in [5.41, 5.74) is 5.20. The van der Waals surface area contributed by atoms with Gasteiger partial charge in [-0.15, -0.1) is 0 Å². The molecule has 3 N–H and O–H groups in total. The first-order chi connectivity index (χ1) is 6.97. The maximum atomic E-state index is 11.8. The summed E-state index contributed by atoms with van der Waals surface area (Å²) in [6.07, 6.45) is 0. The molecule has 0 bridgehead atoms. The summed E-state index contributed by atoms with van der Waals surface area (Å²) < 4.78 is 29.8. The number of hydrogen-bond acceptors (Lipinski definition) is 5. The van der Waals surface area contributed by atoms with Crippen molar-refractivity contribution in [3.63, 3.8) is 0 Å². The number of aliphatic hydroxyl groups is 1. The second kappa shape index (κ2) is 5.17. The Hall–Kier alpha value is -0.280. The molecule has 1 fully saturated rings. The minimum atomic E-state index is -3.52. The second-order valence-electron chi connectivity index (χ2n) is 3.24. The average Bonchev–Trinajstić information content (AvgIpc) is 2.16. The number of thiocarbonyl (C=S) groups is 1. The maximum absolute atomic E-state index is 11.8. The number of nitrogens with zero attached hydrogens (tertiary/aromatic N) is 1. The highest BCUT2D eigenvalue weighted by Gasteiger charge is 2.32. The second-order valence-corrected chi connectivity index (χ2v) is 5.69. The van der Waals surface area contributed by atoms with Crippen LogP contribution in [0.5, 0.6) is 0 Å². The van der Waals surface area contributed by atoms with Gasteiger partial charge in [0.25, 0.3) is 0 Å². The highest BCUT2D eigenvalue weighted by molar-refractivity contribution is 7.92. The van der Waals surface area contributed by atoms with E-state index >= 15 is 0 Å². The Bertz CT molecular complexity index is 330. The van der Waals surface area contributed by atoms with Gasteiger partial charge in [0.05, 0.1) is 30.9 Å². The van der Waals surface area contributed by atoms with Crippen molar-refractivity contribution in [2.75, 3.05) is 32.1 Å². The number of ether oxygens (including phenoxy) is 1. The Kier molecular flexibility index (Phi) is 4.41. The number of morpholine rings is 1. The largest absolute Gasteiger partial charge is 0.395 e. The molecule has 0 aromatic heterocycles. The molecule has 1 unspecified atom stereocenters. The Balaban J connectivity index is 2.79. The molecule has 0 saturated carbocycles. The zero-order chi connectivity index (χ0) is 11.5. The molecule has 0 spiro atoms. The molecule has 1 heterocycles. The fourth-order valence-corrected chi connectivity index (χ4v) is 3.32. The average molecular weight is 254 g/mol. The molecule has 1 atom stereocenters. The minimum Gasteiger partial charge on any atom is -0.395 e.